The van der Waals surface area contributed by atoms with Gasteiger partial charge in [0, 0.05) is 13.1 Å². The fraction of sp³-hybridized carbons (Fsp3) is 0.250. The van der Waals surface area contributed by atoms with E-state index in [1.54, 1.807) is 36.4 Å². The molecule has 22 heavy (non-hydrogen) atoms. The molecule has 0 saturated carbocycles. The first kappa shape index (κ1) is 16.8. The second kappa shape index (κ2) is 7.13. The standard InChI is InChI=1S/C16H18ClNO3S/c1-3-18(4-2)22(19,20)14-11-9-13(10-12-14)21-16-8-6-5-7-15(16)17/h5-12H,3-4H2,1-2H3. The van der Waals surface area contributed by atoms with Crippen LogP contribution in [0.2, 0.25) is 5.02 Å². The largest absolute Gasteiger partial charge is 0.456 e. The van der Waals surface area contributed by atoms with E-state index in [0.717, 1.165) is 0 Å². The van der Waals surface area contributed by atoms with Gasteiger partial charge in [-0.2, -0.15) is 4.31 Å². The number of nitrogens with zero attached hydrogens (tertiary/aromatic N) is 1. The molecular formula is C16H18ClNO3S. The van der Waals surface area contributed by atoms with Crippen molar-refractivity contribution < 1.29 is 13.2 Å². The average Bonchev–Trinajstić information content (AvgIpc) is 2.51. The van der Waals surface area contributed by atoms with Crippen molar-refractivity contribution in [2.45, 2.75) is 18.7 Å². The highest BCUT2D eigenvalue weighted by molar-refractivity contribution is 7.89. The third-order valence-electron chi connectivity index (χ3n) is 3.23. The number of hydrogen-bond acceptors (Lipinski definition) is 3. The van der Waals surface area contributed by atoms with E-state index in [1.165, 1.54) is 4.31 Å². The average molecular weight is 340 g/mol. The maximum Gasteiger partial charge on any atom is 0.243 e. The van der Waals surface area contributed by atoms with Crippen LogP contribution in [0.15, 0.2) is 53.4 Å². The fourth-order valence-corrected chi connectivity index (χ4v) is 3.68. The maximum absolute atomic E-state index is 12.4. The van der Waals surface area contributed by atoms with E-state index in [2.05, 4.69) is 0 Å². The van der Waals surface area contributed by atoms with Crippen LogP contribution < -0.4 is 4.74 Å². The van der Waals surface area contributed by atoms with Crippen molar-refractivity contribution >= 4 is 21.6 Å². The number of halogens is 1. The van der Waals surface area contributed by atoms with Gasteiger partial charge >= 0.3 is 0 Å². The molecule has 0 aliphatic carbocycles. The maximum atomic E-state index is 12.4. The van der Waals surface area contributed by atoms with Crippen LogP contribution in [0.25, 0.3) is 0 Å². The van der Waals surface area contributed by atoms with Gasteiger partial charge in [0.25, 0.3) is 0 Å². The summed E-state index contributed by atoms with van der Waals surface area (Å²) in [5, 5.41) is 0.502. The van der Waals surface area contributed by atoms with Crippen molar-refractivity contribution in [1.29, 1.82) is 0 Å². The summed E-state index contributed by atoms with van der Waals surface area (Å²) < 4.78 is 31.8. The molecule has 0 bridgehead atoms. The Hall–Kier alpha value is -1.56. The first-order valence-corrected chi connectivity index (χ1v) is 8.83. The Bertz CT molecular complexity index is 725. The summed E-state index contributed by atoms with van der Waals surface area (Å²) in [6.45, 7) is 4.51. The van der Waals surface area contributed by atoms with Crippen molar-refractivity contribution in [3.63, 3.8) is 0 Å². The van der Waals surface area contributed by atoms with Crippen LogP contribution >= 0.6 is 11.6 Å². The molecule has 0 N–H and O–H groups in total. The predicted molar refractivity (Wildman–Crippen MR) is 88.1 cm³/mol. The van der Waals surface area contributed by atoms with Crippen molar-refractivity contribution in [3.05, 3.63) is 53.6 Å². The van der Waals surface area contributed by atoms with Gasteiger partial charge in [0.05, 0.1) is 9.92 Å². The normalized spacial score (nSPS) is 11.6. The van der Waals surface area contributed by atoms with Crippen molar-refractivity contribution in [1.82, 2.24) is 4.31 Å². The highest BCUT2D eigenvalue weighted by atomic mass is 35.5. The Morgan fingerprint density at radius 3 is 2.14 bits per heavy atom. The quantitative estimate of drug-likeness (QED) is 0.793. The minimum Gasteiger partial charge on any atom is -0.456 e. The molecule has 6 heteroatoms. The van der Waals surface area contributed by atoms with Crippen LogP contribution in [-0.2, 0) is 10.0 Å². The number of sulfonamides is 1. The number of benzene rings is 2. The van der Waals surface area contributed by atoms with Gasteiger partial charge in [0.15, 0.2) is 0 Å². The summed E-state index contributed by atoms with van der Waals surface area (Å²) >= 11 is 6.03. The summed E-state index contributed by atoms with van der Waals surface area (Å²) in [4.78, 5) is 0.253. The molecule has 0 aromatic heterocycles. The molecule has 2 rings (SSSR count). The molecule has 0 aliphatic heterocycles. The zero-order valence-electron chi connectivity index (χ0n) is 12.5. The summed E-state index contributed by atoms with van der Waals surface area (Å²) in [6.07, 6.45) is 0. The molecule has 0 spiro atoms. The lowest BCUT2D eigenvalue weighted by Gasteiger charge is -2.18. The number of hydrogen-bond donors (Lipinski definition) is 0. The van der Waals surface area contributed by atoms with Gasteiger partial charge in [-0.25, -0.2) is 8.42 Å². The summed E-state index contributed by atoms with van der Waals surface area (Å²) in [6, 6.07) is 13.5. The Morgan fingerprint density at radius 1 is 1.00 bits per heavy atom. The Labute approximate surface area is 136 Å². The van der Waals surface area contributed by atoms with Gasteiger partial charge in [-0.3, -0.25) is 0 Å². The second-order valence-corrected chi connectivity index (χ2v) is 6.94. The number of para-hydroxylation sites is 1. The molecule has 0 unspecified atom stereocenters. The molecule has 0 fully saturated rings. The zero-order valence-corrected chi connectivity index (χ0v) is 14.1. The van der Waals surface area contributed by atoms with Gasteiger partial charge in [-0.15, -0.1) is 0 Å². The molecule has 0 amide bonds. The topological polar surface area (TPSA) is 46.6 Å². The molecule has 0 aliphatic rings. The van der Waals surface area contributed by atoms with Crippen LogP contribution in [0.3, 0.4) is 0 Å². The summed E-state index contributed by atoms with van der Waals surface area (Å²) in [5.41, 5.74) is 0. The van der Waals surface area contributed by atoms with Crippen molar-refractivity contribution in [2.24, 2.45) is 0 Å². The zero-order chi connectivity index (χ0) is 16.2. The lowest BCUT2D eigenvalue weighted by atomic mass is 10.3. The summed E-state index contributed by atoms with van der Waals surface area (Å²) in [5.74, 6) is 1.06. The number of ether oxygens (including phenoxy) is 1. The molecule has 0 atom stereocenters. The minimum absolute atomic E-state index is 0.253. The lowest BCUT2D eigenvalue weighted by Crippen LogP contribution is -2.30. The van der Waals surface area contributed by atoms with Crippen LogP contribution in [0.4, 0.5) is 0 Å². The van der Waals surface area contributed by atoms with Gasteiger partial charge in [-0.05, 0) is 36.4 Å². The van der Waals surface area contributed by atoms with Crippen LogP contribution in [0.1, 0.15) is 13.8 Å². The Kier molecular flexibility index (Phi) is 5.45. The van der Waals surface area contributed by atoms with Crippen molar-refractivity contribution in [3.8, 4) is 11.5 Å². The first-order chi connectivity index (χ1) is 10.5. The van der Waals surface area contributed by atoms with E-state index in [4.69, 9.17) is 16.3 Å². The smallest absolute Gasteiger partial charge is 0.243 e. The van der Waals surface area contributed by atoms with E-state index >= 15 is 0 Å². The third kappa shape index (κ3) is 3.61. The fourth-order valence-electron chi connectivity index (χ4n) is 2.05. The second-order valence-electron chi connectivity index (χ2n) is 4.59. The molecule has 118 valence electrons. The van der Waals surface area contributed by atoms with Gasteiger partial charge in [0.2, 0.25) is 10.0 Å². The van der Waals surface area contributed by atoms with E-state index in [-0.39, 0.29) is 4.90 Å². The van der Waals surface area contributed by atoms with E-state index in [0.29, 0.717) is 29.6 Å². The third-order valence-corrected chi connectivity index (χ3v) is 5.61. The molecule has 2 aromatic rings. The minimum atomic E-state index is -3.45. The molecular weight excluding hydrogens is 322 g/mol. The van der Waals surface area contributed by atoms with Gasteiger partial charge < -0.3 is 4.74 Å². The Morgan fingerprint density at radius 2 is 1.59 bits per heavy atom. The van der Waals surface area contributed by atoms with E-state index < -0.39 is 10.0 Å². The molecule has 0 radical (unpaired) electrons. The van der Waals surface area contributed by atoms with Crippen LogP contribution in [-0.4, -0.2) is 25.8 Å². The SMILES string of the molecule is CCN(CC)S(=O)(=O)c1ccc(Oc2ccccc2Cl)cc1. The Balaban J connectivity index is 2.22. The van der Waals surface area contributed by atoms with Gasteiger partial charge in [0.1, 0.15) is 11.5 Å². The lowest BCUT2D eigenvalue weighted by molar-refractivity contribution is 0.445. The van der Waals surface area contributed by atoms with Crippen molar-refractivity contribution in [2.75, 3.05) is 13.1 Å². The van der Waals surface area contributed by atoms with Crippen LogP contribution in [0.5, 0.6) is 11.5 Å². The highest BCUT2D eigenvalue weighted by Crippen LogP contribution is 2.29. The highest BCUT2D eigenvalue weighted by Gasteiger charge is 2.21. The first-order valence-electron chi connectivity index (χ1n) is 7.01. The molecule has 0 heterocycles. The molecule has 2 aromatic carbocycles. The van der Waals surface area contributed by atoms with Gasteiger partial charge in [-0.1, -0.05) is 37.6 Å². The molecule has 0 saturated heterocycles. The monoisotopic (exact) mass is 339 g/mol. The predicted octanol–water partition coefficient (Wildman–Crippen LogP) is 4.16. The number of rotatable bonds is 6. The van der Waals surface area contributed by atoms with Crippen LogP contribution in [0, 0.1) is 0 Å². The van der Waals surface area contributed by atoms with E-state index in [1.807, 2.05) is 26.0 Å². The molecule has 4 nitrogen and oxygen atoms in total. The summed E-state index contributed by atoms with van der Waals surface area (Å²) in [7, 11) is -3.45. The van der Waals surface area contributed by atoms with E-state index in [9.17, 15) is 8.42 Å².